The van der Waals surface area contributed by atoms with Crippen molar-refractivity contribution in [2.45, 2.75) is 50.2 Å². The van der Waals surface area contributed by atoms with Crippen molar-refractivity contribution in [3.8, 4) is 5.75 Å². The first kappa shape index (κ1) is 36.5. The lowest BCUT2D eigenvalue weighted by atomic mass is 9.56. The molecular formula is C34H45N4O10P. The summed E-state index contributed by atoms with van der Waals surface area (Å²) in [6, 6.07) is 9.38. The number of carbonyl (C=O) groups excluding carboxylic acids is 3. The number of nitrogens with zero attached hydrogens (tertiary/aromatic N) is 2. The van der Waals surface area contributed by atoms with E-state index in [1.807, 2.05) is 0 Å². The van der Waals surface area contributed by atoms with E-state index >= 15 is 0 Å². The van der Waals surface area contributed by atoms with Crippen molar-refractivity contribution >= 4 is 36.4 Å². The Bertz CT molecular complexity index is 1720. The normalized spacial score (nSPS) is 27.3. The van der Waals surface area contributed by atoms with Gasteiger partial charge in [-0.15, -0.1) is 0 Å². The standard InChI is InChI=1S/C34H45N4O10P/c1-7-47-49(46,48-8-2)33(17-12-10-9-11-13-17)36-21-16-22(37(3)4)19-14-18-15-20-26(38(5)6)29(41)25(32(35)44)31(43)34(20,45)30(42)23(18)28(40)24(19)27(21)39/h9-13,16,18,20,25-26,29,33,36,39,41-42,45H,7-8,14-15H2,1-6H3,(H2,35,44)/t18-,20-,25?,26-,29?,33?,34-/m0/s1. The van der Waals surface area contributed by atoms with E-state index in [4.69, 9.17) is 14.8 Å². The summed E-state index contributed by atoms with van der Waals surface area (Å²) in [7, 11) is 2.80. The maximum absolute atomic E-state index is 14.5. The highest BCUT2D eigenvalue weighted by Crippen LogP contribution is 2.62. The van der Waals surface area contributed by atoms with Crippen molar-refractivity contribution < 1.29 is 48.4 Å². The van der Waals surface area contributed by atoms with Gasteiger partial charge in [-0.2, -0.15) is 0 Å². The van der Waals surface area contributed by atoms with Crippen LogP contribution in [0.1, 0.15) is 47.5 Å². The monoisotopic (exact) mass is 700 g/mol. The van der Waals surface area contributed by atoms with Crippen molar-refractivity contribution in [1.29, 1.82) is 0 Å². The van der Waals surface area contributed by atoms with E-state index in [1.165, 1.54) is 0 Å². The summed E-state index contributed by atoms with van der Waals surface area (Å²) in [5, 5.41) is 49.8. The lowest BCUT2D eigenvalue weighted by Crippen LogP contribution is -2.71. The highest BCUT2D eigenvalue weighted by molar-refractivity contribution is 7.54. The fourth-order valence-electron chi connectivity index (χ4n) is 7.84. The first-order valence-corrected chi connectivity index (χ1v) is 17.8. The van der Waals surface area contributed by atoms with Crippen LogP contribution >= 0.6 is 7.60 Å². The minimum absolute atomic E-state index is 0.00614. The number of rotatable bonds is 11. The fourth-order valence-corrected chi connectivity index (χ4v) is 9.76. The molecule has 0 radical (unpaired) electrons. The Hall–Kier alpha value is -3.78. The van der Waals surface area contributed by atoms with E-state index in [0.29, 0.717) is 16.8 Å². The van der Waals surface area contributed by atoms with Crippen LogP contribution in [0.2, 0.25) is 0 Å². The van der Waals surface area contributed by atoms with Crippen LogP contribution in [0.5, 0.6) is 5.75 Å². The number of fused-ring (bicyclic) bond motifs is 3. The van der Waals surface area contributed by atoms with Crippen LogP contribution in [0, 0.1) is 17.8 Å². The first-order chi connectivity index (χ1) is 23.0. The minimum atomic E-state index is -3.92. The molecule has 2 aromatic carbocycles. The fraction of sp³-hybridized carbons (Fsp3) is 0.500. The number of Topliss-reactive ketones (excluding diaryl/α,β-unsaturated/α-hetero) is 2. The molecule has 1 fully saturated rings. The molecule has 2 aromatic rings. The maximum Gasteiger partial charge on any atom is 0.357 e. The number of hydrogen-bond donors (Lipinski definition) is 6. The van der Waals surface area contributed by atoms with Gasteiger partial charge in [-0.1, -0.05) is 30.3 Å². The lowest BCUT2D eigenvalue weighted by molar-refractivity contribution is -0.178. The average molecular weight is 701 g/mol. The summed E-state index contributed by atoms with van der Waals surface area (Å²) in [5.41, 5.74) is 3.88. The second kappa shape index (κ2) is 13.5. The molecule has 0 aromatic heterocycles. The predicted molar refractivity (Wildman–Crippen MR) is 182 cm³/mol. The number of aliphatic hydroxyl groups is 3. The maximum atomic E-state index is 14.5. The molecule has 3 aliphatic carbocycles. The Morgan fingerprint density at radius 1 is 1.10 bits per heavy atom. The van der Waals surface area contributed by atoms with Crippen molar-refractivity contribution in [2.24, 2.45) is 23.5 Å². The number of carbonyl (C=O) groups is 3. The summed E-state index contributed by atoms with van der Waals surface area (Å²) in [4.78, 5) is 43.9. The van der Waals surface area contributed by atoms with Crippen molar-refractivity contribution in [1.82, 2.24) is 4.90 Å². The number of phenolic OH excluding ortho intramolecular Hbond substituents is 1. The molecule has 49 heavy (non-hydrogen) atoms. The van der Waals surface area contributed by atoms with Gasteiger partial charge in [0.2, 0.25) is 5.91 Å². The quantitative estimate of drug-likeness (QED) is 0.113. The lowest BCUT2D eigenvalue weighted by Gasteiger charge is -2.53. The van der Waals surface area contributed by atoms with Crippen LogP contribution in [-0.4, -0.2) is 102 Å². The Morgan fingerprint density at radius 3 is 2.24 bits per heavy atom. The minimum Gasteiger partial charge on any atom is -0.508 e. The van der Waals surface area contributed by atoms with Crippen molar-refractivity contribution in [3.63, 3.8) is 0 Å². The molecule has 15 heteroatoms. The van der Waals surface area contributed by atoms with E-state index in [0.717, 1.165) is 0 Å². The summed E-state index contributed by atoms with van der Waals surface area (Å²) >= 11 is 0. The van der Waals surface area contributed by atoms with E-state index in [2.05, 4.69) is 5.32 Å². The number of aromatic hydroxyl groups is 1. The molecule has 7 N–H and O–H groups in total. The topological polar surface area (TPSA) is 212 Å². The number of benzene rings is 2. The van der Waals surface area contributed by atoms with Crippen LogP contribution < -0.4 is 16.0 Å². The zero-order valence-corrected chi connectivity index (χ0v) is 29.3. The van der Waals surface area contributed by atoms with Gasteiger partial charge in [0.25, 0.3) is 0 Å². The number of likely N-dealkylation sites (N-methyl/N-ethyl adjacent to an activating group) is 1. The number of anilines is 2. The zero-order valence-electron chi connectivity index (χ0n) is 28.4. The van der Waals surface area contributed by atoms with E-state index in [-0.39, 0.29) is 42.9 Å². The Labute approximate surface area is 285 Å². The second-order valence-electron chi connectivity index (χ2n) is 13.2. The van der Waals surface area contributed by atoms with Crippen molar-refractivity contribution in [3.05, 3.63) is 64.4 Å². The number of aliphatic hydroxyl groups excluding tert-OH is 2. The van der Waals surface area contributed by atoms with Gasteiger partial charge in [0.05, 0.1) is 30.6 Å². The predicted octanol–water partition coefficient (Wildman–Crippen LogP) is 2.73. The molecule has 0 saturated heterocycles. The number of ketones is 2. The van der Waals surface area contributed by atoms with Crippen LogP contribution in [0.4, 0.5) is 11.4 Å². The zero-order chi connectivity index (χ0) is 36.2. The molecule has 0 bridgehead atoms. The van der Waals surface area contributed by atoms with Gasteiger partial charge in [0.15, 0.2) is 23.0 Å². The van der Waals surface area contributed by atoms with E-state index < -0.39 is 77.9 Å². The van der Waals surface area contributed by atoms with E-state index in [1.54, 1.807) is 88.2 Å². The number of amides is 1. The van der Waals surface area contributed by atoms with Crippen LogP contribution in [0.3, 0.4) is 0 Å². The number of nitrogens with two attached hydrogens (primary N) is 1. The Kier molecular flexibility index (Phi) is 10.1. The number of allylic oxidation sites excluding steroid dienone is 1. The highest BCUT2D eigenvalue weighted by atomic mass is 31.2. The molecule has 1 amide bonds. The molecule has 266 valence electrons. The van der Waals surface area contributed by atoms with Gasteiger partial charge in [-0.25, -0.2) is 0 Å². The number of nitrogens with one attached hydrogen (secondary N) is 1. The Morgan fingerprint density at radius 2 is 1.71 bits per heavy atom. The molecule has 0 aliphatic heterocycles. The summed E-state index contributed by atoms with van der Waals surface area (Å²) in [6.07, 6.45) is -1.45. The van der Waals surface area contributed by atoms with Crippen LogP contribution in [0.15, 0.2) is 47.7 Å². The molecule has 1 saturated carbocycles. The number of primary amides is 1. The molecular weight excluding hydrogens is 655 g/mol. The smallest absolute Gasteiger partial charge is 0.357 e. The second-order valence-corrected chi connectivity index (χ2v) is 15.3. The largest absolute Gasteiger partial charge is 0.508 e. The van der Waals surface area contributed by atoms with Crippen LogP contribution in [-0.2, 0) is 29.6 Å². The first-order valence-electron chi connectivity index (χ1n) is 16.2. The molecule has 5 rings (SSSR count). The van der Waals surface area contributed by atoms with Crippen molar-refractivity contribution in [2.75, 3.05) is 51.6 Å². The third-order valence-corrected chi connectivity index (χ3v) is 12.2. The summed E-state index contributed by atoms with van der Waals surface area (Å²) < 4.78 is 25.5. The highest BCUT2D eigenvalue weighted by Gasteiger charge is 2.66. The summed E-state index contributed by atoms with van der Waals surface area (Å²) in [6.45, 7) is 3.49. The average Bonchev–Trinajstić information content (AvgIpc) is 3.02. The molecule has 0 spiro atoms. The van der Waals surface area contributed by atoms with Gasteiger partial charge >= 0.3 is 7.60 Å². The van der Waals surface area contributed by atoms with Gasteiger partial charge < -0.3 is 50.3 Å². The Balaban J connectivity index is 1.69. The SMILES string of the molecule is CCOP(=O)(OCC)C(Nc1cc(N(C)C)c2c(c1O)C(=O)C1=C(O)[C@]3(O)C(=O)C(C(N)=O)C(O)[C@@H](N(C)C)[C@@H]3C[C@@H]1C2)c1ccccc1. The van der Waals surface area contributed by atoms with E-state index in [9.17, 15) is 39.4 Å². The van der Waals surface area contributed by atoms with Gasteiger partial charge in [0.1, 0.15) is 17.4 Å². The summed E-state index contributed by atoms with van der Waals surface area (Å²) in [5.74, 6) is -9.41. The molecule has 0 heterocycles. The van der Waals surface area contributed by atoms with Gasteiger partial charge in [-0.05, 0) is 63.9 Å². The molecule has 3 unspecified atom stereocenters. The third kappa shape index (κ3) is 5.84. The molecule has 3 aliphatic rings. The molecule has 14 nitrogen and oxygen atoms in total. The van der Waals surface area contributed by atoms with Gasteiger partial charge in [0, 0.05) is 37.3 Å². The molecule has 7 atom stereocenters. The number of phenols is 1. The third-order valence-electron chi connectivity index (χ3n) is 9.89. The van der Waals surface area contributed by atoms with Gasteiger partial charge in [-0.3, -0.25) is 18.9 Å². The van der Waals surface area contributed by atoms with Crippen LogP contribution in [0.25, 0.3) is 0 Å². The number of hydrogen-bond acceptors (Lipinski definition) is 13.